The Balaban J connectivity index is 1.71. The number of benzene rings is 2. The van der Waals surface area contributed by atoms with Gasteiger partial charge in [-0.1, -0.05) is 6.92 Å². The summed E-state index contributed by atoms with van der Waals surface area (Å²) in [5.74, 6) is -6.57. The predicted molar refractivity (Wildman–Crippen MR) is 109 cm³/mol. The molecule has 0 unspecified atom stereocenters. The molecule has 0 saturated heterocycles. The Bertz CT molecular complexity index is 983. The highest BCUT2D eigenvalue weighted by molar-refractivity contribution is 8.00. The molecular formula is C22H21F4NO3S. The summed E-state index contributed by atoms with van der Waals surface area (Å²) in [4.78, 5) is 24.2. The standard InChI is InChI=1S/C22H21F4NO3S/c1-2-22(21(29)30)7-5-14(6-8-22)31-18-9-12(3-4-15(18)23)20(28)27-13-10-16(24)19(26)17(25)11-13/h3-4,9-11,14H,2,5-8H2,1H3,(H,27,28)(H,29,30). The maximum Gasteiger partial charge on any atom is 0.309 e. The van der Waals surface area contributed by atoms with Crippen molar-refractivity contribution in [2.45, 2.75) is 49.2 Å². The first-order chi connectivity index (χ1) is 14.6. The second kappa shape index (κ2) is 9.30. The molecule has 31 heavy (non-hydrogen) atoms. The quantitative estimate of drug-likeness (QED) is 0.414. The van der Waals surface area contributed by atoms with Crippen LogP contribution in [-0.2, 0) is 4.79 Å². The molecule has 2 aromatic rings. The van der Waals surface area contributed by atoms with Crippen LogP contribution in [0.3, 0.4) is 0 Å². The van der Waals surface area contributed by atoms with Crippen molar-refractivity contribution in [3.63, 3.8) is 0 Å². The van der Waals surface area contributed by atoms with Crippen LogP contribution in [0.15, 0.2) is 35.2 Å². The van der Waals surface area contributed by atoms with Gasteiger partial charge in [0.2, 0.25) is 0 Å². The summed E-state index contributed by atoms with van der Waals surface area (Å²) in [5.41, 5.74) is -0.938. The number of aliphatic carboxylic acids is 1. The lowest BCUT2D eigenvalue weighted by atomic mass is 9.72. The van der Waals surface area contributed by atoms with E-state index in [-0.39, 0.29) is 21.4 Å². The van der Waals surface area contributed by atoms with Crippen molar-refractivity contribution in [2.75, 3.05) is 5.32 Å². The SMILES string of the molecule is CCC1(C(=O)O)CCC(Sc2cc(C(=O)Nc3cc(F)c(F)c(F)c3)ccc2F)CC1. The minimum absolute atomic E-state index is 0.00660. The summed E-state index contributed by atoms with van der Waals surface area (Å²) in [6.45, 7) is 1.85. The molecule has 4 nitrogen and oxygen atoms in total. The van der Waals surface area contributed by atoms with E-state index in [0.717, 1.165) is 6.07 Å². The summed E-state index contributed by atoms with van der Waals surface area (Å²) in [7, 11) is 0. The van der Waals surface area contributed by atoms with Gasteiger partial charge in [-0.3, -0.25) is 9.59 Å². The van der Waals surface area contributed by atoms with Gasteiger partial charge in [-0.05, 0) is 50.3 Å². The molecule has 2 aromatic carbocycles. The molecule has 0 spiro atoms. The Hall–Kier alpha value is -2.55. The van der Waals surface area contributed by atoms with Gasteiger partial charge in [-0.25, -0.2) is 17.6 Å². The highest BCUT2D eigenvalue weighted by Crippen LogP contribution is 2.45. The zero-order chi connectivity index (χ0) is 22.8. The van der Waals surface area contributed by atoms with Gasteiger partial charge in [0.1, 0.15) is 5.82 Å². The minimum Gasteiger partial charge on any atom is -0.481 e. The number of carboxylic acids is 1. The monoisotopic (exact) mass is 455 g/mol. The van der Waals surface area contributed by atoms with Crippen molar-refractivity contribution in [3.05, 3.63) is 59.2 Å². The molecule has 1 saturated carbocycles. The van der Waals surface area contributed by atoms with Crippen LogP contribution in [0.5, 0.6) is 0 Å². The fourth-order valence-electron chi connectivity index (χ4n) is 3.73. The van der Waals surface area contributed by atoms with Crippen molar-refractivity contribution in [2.24, 2.45) is 5.41 Å². The first-order valence-electron chi connectivity index (χ1n) is 9.80. The predicted octanol–water partition coefficient (Wildman–Crippen LogP) is 6.01. The molecule has 0 bridgehead atoms. The molecule has 1 amide bonds. The first kappa shape index (κ1) is 23.1. The number of carboxylic acid groups (broad SMARTS) is 1. The molecular weight excluding hydrogens is 434 g/mol. The molecule has 1 aliphatic rings. The number of rotatable bonds is 6. The van der Waals surface area contributed by atoms with Crippen molar-refractivity contribution >= 4 is 29.3 Å². The summed E-state index contributed by atoms with van der Waals surface area (Å²) >= 11 is 1.24. The fourth-order valence-corrected chi connectivity index (χ4v) is 4.93. The zero-order valence-corrected chi connectivity index (χ0v) is 17.5. The number of carbonyl (C=O) groups is 2. The summed E-state index contributed by atoms with van der Waals surface area (Å²) < 4.78 is 54.1. The Morgan fingerprint density at radius 2 is 1.68 bits per heavy atom. The molecule has 1 fully saturated rings. The zero-order valence-electron chi connectivity index (χ0n) is 16.7. The third-order valence-corrected chi connectivity index (χ3v) is 7.12. The van der Waals surface area contributed by atoms with Crippen LogP contribution in [0.1, 0.15) is 49.4 Å². The Morgan fingerprint density at radius 3 is 2.23 bits per heavy atom. The van der Waals surface area contributed by atoms with Crippen LogP contribution >= 0.6 is 11.8 Å². The molecule has 1 aliphatic carbocycles. The number of hydrogen-bond donors (Lipinski definition) is 2. The van der Waals surface area contributed by atoms with Crippen LogP contribution in [0, 0.1) is 28.7 Å². The minimum atomic E-state index is -1.64. The molecule has 0 aliphatic heterocycles. The van der Waals surface area contributed by atoms with E-state index >= 15 is 0 Å². The largest absolute Gasteiger partial charge is 0.481 e. The van der Waals surface area contributed by atoms with E-state index in [9.17, 15) is 32.3 Å². The number of hydrogen-bond acceptors (Lipinski definition) is 3. The highest BCUT2D eigenvalue weighted by atomic mass is 32.2. The molecule has 0 atom stereocenters. The molecule has 0 heterocycles. The Labute approximate surface area is 181 Å². The van der Waals surface area contributed by atoms with Gasteiger partial charge in [-0.2, -0.15) is 0 Å². The van der Waals surface area contributed by atoms with Gasteiger partial charge < -0.3 is 10.4 Å². The first-order valence-corrected chi connectivity index (χ1v) is 10.7. The summed E-state index contributed by atoms with van der Waals surface area (Å²) in [6.07, 6.45) is 2.75. The average molecular weight is 455 g/mol. The van der Waals surface area contributed by atoms with E-state index in [4.69, 9.17) is 0 Å². The van der Waals surface area contributed by atoms with E-state index in [1.807, 2.05) is 6.92 Å². The van der Waals surface area contributed by atoms with Crippen LogP contribution in [0.4, 0.5) is 23.2 Å². The number of nitrogens with one attached hydrogen (secondary N) is 1. The molecule has 0 aromatic heterocycles. The van der Waals surface area contributed by atoms with Crippen LogP contribution in [0.25, 0.3) is 0 Å². The van der Waals surface area contributed by atoms with Crippen LogP contribution < -0.4 is 5.32 Å². The Kier molecular flexibility index (Phi) is 6.93. The molecule has 9 heteroatoms. The topological polar surface area (TPSA) is 66.4 Å². The van der Waals surface area contributed by atoms with Gasteiger partial charge in [0.05, 0.1) is 5.41 Å². The Morgan fingerprint density at radius 1 is 1.06 bits per heavy atom. The summed E-state index contributed by atoms with van der Waals surface area (Å²) in [5, 5.41) is 11.8. The number of carbonyl (C=O) groups excluding carboxylic acids is 1. The van der Waals surface area contributed by atoms with Crippen LogP contribution in [0.2, 0.25) is 0 Å². The van der Waals surface area contributed by atoms with Gasteiger partial charge >= 0.3 is 5.97 Å². The van der Waals surface area contributed by atoms with Gasteiger partial charge in [0, 0.05) is 33.5 Å². The van der Waals surface area contributed by atoms with E-state index < -0.39 is 40.6 Å². The lowest BCUT2D eigenvalue weighted by Gasteiger charge is -2.35. The third kappa shape index (κ3) is 5.03. The van der Waals surface area contributed by atoms with E-state index in [0.29, 0.717) is 44.2 Å². The van der Waals surface area contributed by atoms with E-state index in [2.05, 4.69) is 5.32 Å². The van der Waals surface area contributed by atoms with E-state index in [1.54, 1.807) is 0 Å². The van der Waals surface area contributed by atoms with Crippen LogP contribution in [-0.4, -0.2) is 22.2 Å². The number of anilines is 1. The number of thioether (sulfide) groups is 1. The van der Waals surface area contributed by atoms with Crippen molar-refractivity contribution in [1.82, 2.24) is 0 Å². The third-order valence-electron chi connectivity index (χ3n) is 5.75. The molecule has 0 radical (unpaired) electrons. The molecule has 2 N–H and O–H groups in total. The lowest BCUT2D eigenvalue weighted by molar-refractivity contribution is -0.151. The number of halogens is 4. The summed E-state index contributed by atoms with van der Waals surface area (Å²) in [6, 6.07) is 5.00. The maximum absolute atomic E-state index is 14.3. The fraction of sp³-hybridized carbons (Fsp3) is 0.364. The second-order valence-corrected chi connectivity index (χ2v) is 8.95. The van der Waals surface area contributed by atoms with Crippen molar-refractivity contribution < 1.29 is 32.3 Å². The lowest BCUT2D eigenvalue weighted by Crippen LogP contribution is -2.35. The molecule has 3 rings (SSSR count). The second-order valence-electron chi connectivity index (χ2n) is 7.61. The van der Waals surface area contributed by atoms with Crippen molar-refractivity contribution in [3.8, 4) is 0 Å². The normalized spacial score (nSPS) is 21.0. The highest BCUT2D eigenvalue weighted by Gasteiger charge is 2.40. The van der Waals surface area contributed by atoms with Gasteiger partial charge in [0.15, 0.2) is 17.5 Å². The van der Waals surface area contributed by atoms with Gasteiger partial charge in [-0.15, -0.1) is 11.8 Å². The molecule has 166 valence electrons. The average Bonchev–Trinajstić information content (AvgIpc) is 2.74. The van der Waals surface area contributed by atoms with E-state index in [1.165, 1.54) is 23.9 Å². The maximum atomic E-state index is 14.3. The number of amides is 1. The van der Waals surface area contributed by atoms with Crippen molar-refractivity contribution in [1.29, 1.82) is 0 Å². The smallest absolute Gasteiger partial charge is 0.309 e. The van der Waals surface area contributed by atoms with Gasteiger partial charge in [0.25, 0.3) is 5.91 Å².